The van der Waals surface area contributed by atoms with Gasteiger partial charge in [-0.05, 0) is 55.5 Å². The maximum Gasteiger partial charge on any atom is 0.321 e. The van der Waals surface area contributed by atoms with Crippen molar-refractivity contribution in [3.05, 3.63) is 59.8 Å². The summed E-state index contributed by atoms with van der Waals surface area (Å²) in [5.41, 5.74) is 3.23. The van der Waals surface area contributed by atoms with Gasteiger partial charge in [-0.15, -0.1) is 0 Å². The number of amides is 3. The fourth-order valence-electron chi connectivity index (χ4n) is 4.52. The molecule has 0 spiro atoms. The number of likely N-dealkylation sites (N-methyl/N-ethyl adjacent to an activating group) is 1. The van der Waals surface area contributed by atoms with E-state index in [0.29, 0.717) is 24.3 Å². The Balaban J connectivity index is 1.60. The highest BCUT2D eigenvalue weighted by atomic mass is 16.5. The lowest BCUT2D eigenvalue weighted by atomic mass is 9.99. The number of pyridine rings is 1. The van der Waals surface area contributed by atoms with E-state index in [9.17, 15) is 14.7 Å². The number of allylic oxidation sites excluding steroid dienone is 2. The lowest BCUT2D eigenvalue weighted by Gasteiger charge is -2.37. The van der Waals surface area contributed by atoms with Crippen LogP contribution >= 0.6 is 0 Å². The number of carbonyl (C=O) groups excluding carboxylic acids is 2. The van der Waals surface area contributed by atoms with Crippen LogP contribution in [0.3, 0.4) is 0 Å². The maximum absolute atomic E-state index is 13.5. The highest BCUT2D eigenvalue weighted by Crippen LogP contribution is 2.32. The van der Waals surface area contributed by atoms with Crippen LogP contribution < -0.4 is 10.1 Å². The summed E-state index contributed by atoms with van der Waals surface area (Å²) < 4.78 is 6.31. The number of nitrogens with one attached hydrogen (secondary N) is 1. The van der Waals surface area contributed by atoms with E-state index in [4.69, 9.17) is 4.74 Å². The molecule has 2 heterocycles. The number of aliphatic hydroxyl groups is 1. The minimum absolute atomic E-state index is 0.105. The molecule has 0 bridgehead atoms. The first-order chi connectivity index (χ1) is 16.9. The second kappa shape index (κ2) is 10.9. The van der Waals surface area contributed by atoms with Crippen LogP contribution in [0.15, 0.2) is 48.7 Å². The zero-order valence-electron chi connectivity index (χ0n) is 20.6. The molecule has 3 atom stereocenters. The number of aromatic nitrogens is 1. The van der Waals surface area contributed by atoms with Gasteiger partial charge in [0.15, 0.2) is 0 Å². The highest BCUT2D eigenvalue weighted by molar-refractivity contribution is 5.97. The summed E-state index contributed by atoms with van der Waals surface area (Å²) in [7, 11) is 1.72. The Morgan fingerprint density at radius 1 is 1.34 bits per heavy atom. The van der Waals surface area contributed by atoms with Crippen molar-refractivity contribution in [1.29, 1.82) is 0 Å². The Kier molecular flexibility index (Phi) is 7.70. The normalized spacial score (nSPS) is 20.7. The number of nitrogens with zero attached hydrogens (tertiary/aromatic N) is 3. The predicted octanol–water partition coefficient (Wildman–Crippen LogP) is 4.03. The Morgan fingerprint density at radius 2 is 2.11 bits per heavy atom. The third-order valence-corrected chi connectivity index (χ3v) is 6.76. The van der Waals surface area contributed by atoms with Gasteiger partial charge in [-0.2, -0.15) is 0 Å². The number of urea groups is 1. The van der Waals surface area contributed by atoms with Crippen LogP contribution in [0.2, 0.25) is 0 Å². The smallest absolute Gasteiger partial charge is 0.321 e. The van der Waals surface area contributed by atoms with Crippen LogP contribution in [0.4, 0.5) is 10.5 Å². The number of hydrogen-bond donors (Lipinski definition) is 2. The molecule has 35 heavy (non-hydrogen) atoms. The van der Waals surface area contributed by atoms with Crippen LogP contribution in [0.1, 0.15) is 49.0 Å². The zero-order chi connectivity index (χ0) is 24.9. The van der Waals surface area contributed by atoms with E-state index < -0.39 is 6.10 Å². The van der Waals surface area contributed by atoms with Crippen LogP contribution in [0.25, 0.3) is 5.57 Å². The van der Waals surface area contributed by atoms with E-state index in [1.807, 2.05) is 50.2 Å². The molecular formula is C27H34N4O4. The van der Waals surface area contributed by atoms with Crippen molar-refractivity contribution in [1.82, 2.24) is 14.8 Å². The molecule has 0 saturated heterocycles. The minimum atomic E-state index is -0.397. The average molecular weight is 479 g/mol. The molecule has 1 aliphatic carbocycles. The molecule has 1 aromatic carbocycles. The first kappa shape index (κ1) is 24.7. The summed E-state index contributed by atoms with van der Waals surface area (Å²) in [5.74, 6) is -0.0389. The Hall–Kier alpha value is -3.39. The number of carbonyl (C=O) groups is 2. The molecule has 1 aliphatic heterocycles. The molecule has 4 rings (SSSR count). The van der Waals surface area contributed by atoms with Crippen molar-refractivity contribution >= 4 is 23.2 Å². The Bertz CT molecular complexity index is 1090. The molecule has 1 aromatic heterocycles. The van der Waals surface area contributed by atoms with E-state index in [1.165, 1.54) is 5.57 Å². The monoisotopic (exact) mass is 478 g/mol. The molecule has 0 saturated carbocycles. The summed E-state index contributed by atoms with van der Waals surface area (Å²) in [6.45, 7) is 4.38. The molecule has 8 heteroatoms. The van der Waals surface area contributed by atoms with Gasteiger partial charge >= 0.3 is 6.03 Å². The number of fused-ring (bicyclic) bond motifs is 1. The van der Waals surface area contributed by atoms with E-state index in [0.717, 1.165) is 24.8 Å². The fraction of sp³-hybridized carbons (Fsp3) is 0.444. The van der Waals surface area contributed by atoms with Gasteiger partial charge < -0.3 is 25.0 Å². The number of rotatable bonds is 6. The molecule has 0 radical (unpaired) electrons. The molecule has 186 valence electrons. The molecule has 3 amide bonds. The number of benzene rings is 1. The van der Waals surface area contributed by atoms with Gasteiger partial charge in [-0.25, -0.2) is 9.78 Å². The van der Waals surface area contributed by atoms with E-state index in [1.54, 1.807) is 23.0 Å². The van der Waals surface area contributed by atoms with Gasteiger partial charge in [0.05, 0.1) is 19.2 Å². The Labute approximate surface area is 206 Å². The Morgan fingerprint density at radius 3 is 2.80 bits per heavy atom. The largest absolute Gasteiger partial charge is 0.472 e. The van der Waals surface area contributed by atoms with Crippen molar-refractivity contribution in [2.24, 2.45) is 5.92 Å². The van der Waals surface area contributed by atoms with Crippen molar-refractivity contribution in [2.75, 3.05) is 32.1 Å². The van der Waals surface area contributed by atoms with Gasteiger partial charge in [0.2, 0.25) is 5.88 Å². The standard InChI is InChI=1S/C27H34N4O4/c1-18-15-31(19(2)17-32)26(33)23-13-21(20-9-7-8-10-20)14-28-25(23)35-24(18)16-30(3)27(34)29-22-11-5-4-6-12-22/h4-6,9,11-14,18-19,24,32H,7-8,10,15-17H2,1-3H3,(H,29,34)/t18-,19+,24+/m1/s1. The van der Waals surface area contributed by atoms with Crippen LogP contribution in [0.5, 0.6) is 5.88 Å². The number of anilines is 1. The number of para-hydroxylation sites is 1. The summed E-state index contributed by atoms with van der Waals surface area (Å²) in [5, 5.41) is 12.7. The van der Waals surface area contributed by atoms with Crippen molar-refractivity contribution in [2.45, 2.75) is 45.3 Å². The van der Waals surface area contributed by atoms with Crippen molar-refractivity contribution in [3.8, 4) is 5.88 Å². The lowest BCUT2D eigenvalue weighted by Crippen LogP contribution is -2.50. The predicted molar refractivity (Wildman–Crippen MR) is 135 cm³/mol. The highest BCUT2D eigenvalue weighted by Gasteiger charge is 2.35. The fourth-order valence-corrected chi connectivity index (χ4v) is 4.52. The van der Waals surface area contributed by atoms with Gasteiger partial charge in [-0.1, -0.05) is 31.2 Å². The maximum atomic E-state index is 13.5. The van der Waals surface area contributed by atoms with Crippen molar-refractivity contribution in [3.63, 3.8) is 0 Å². The lowest BCUT2D eigenvalue weighted by molar-refractivity contribution is 0.0356. The molecule has 2 aliphatic rings. The average Bonchev–Trinajstić information content (AvgIpc) is 3.41. The second-order valence-corrected chi connectivity index (χ2v) is 9.50. The molecule has 8 nitrogen and oxygen atoms in total. The van der Waals surface area contributed by atoms with Gasteiger partial charge in [0, 0.05) is 31.4 Å². The zero-order valence-corrected chi connectivity index (χ0v) is 20.6. The quantitative estimate of drug-likeness (QED) is 0.654. The SMILES string of the molecule is C[C@@H]1CN([C@@H](C)CO)C(=O)c2cc(C3=CCCC3)cnc2O[C@H]1CN(C)C(=O)Nc1ccccc1. The van der Waals surface area contributed by atoms with E-state index in [-0.39, 0.29) is 36.4 Å². The summed E-state index contributed by atoms with van der Waals surface area (Å²) >= 11 is 0. The van der Waals surface area contributed by atoms with Crippen molar-refractivity contribution < 1.29 is 19.4 Å². The molecular weight excluding hydrogens is 444 g/mol. The van der Waals surface area contributed by atoms with E-state index in [2.05, 4.69) is 16.4 Å². The third kappa shape index (κ3) is 5.65. The van der Waals surface area contributed by atoms with Crippen LogP contribution in [0, 0.1) is 5.92 Å². The van der Waals surface area contributed by atoms with Gasteiger partial charge in [-0.3, -0.25) is 4.79 Å². The number of ether oxygens (including phenoxy) is 1. The number of aliphatic hydroxyl groups excluding tert-OH is 1. The topological polar surface area (TPSA) is 95.0 Å². The molecule has 2 aromatic rings. The first-order valence-electron chi connectivity index (χ1n) is 12.2. The summed E-state index contributed by atoms with van der Waals surface area (Å²) in [6.07, 6.45) is 6.65. The minimum Gasteiger partial charge on any atom is -0.472 e. The second-order valence-electron chi connectivity index (χ2n) is 9.50. The summed E-state index contributed by atoms with van der Waals surface area (Å²) in [6, 6.07) is 10.5. The number of hydrogen-bond acceptors (Lipinski definition) is 5. The molecule has 0 unspecified atom stereocenters. The first-order valence-corrected chi connectivity index (χ1v) is 12.2. The van der Waals surface area contributed by atoms with Crippen LogP contribution in [-0.2, 0) is 0 Å². The summed E-state index contributed by atoms with van der Waals surface area (Å²) in [4.78, 5) is 34.2. The molecule has 0 fully saturated rings. The molecule has 2 N–H and O–H groups in total. The van der Waals surface area contributed by atoms with Crippen LogP contribution in [-0.4, -0.2) is 70.7 Å². The third-order valence-electron chi connectivity index (χ3n) is 6.76. The van der Waals surface area contributed by atoms with Gasteiger partial charge in [0.1, 0.15) is 11.7 Å². The van der Waals surface area contributed by atoms with Gasteiger partial charge in [0.25, 0.3) is 5.91 Å². The van der Waals surface area contributed by atoms with E-state index >= 15 is 0 Å².